The molecule has 0 fully saturated rings. The molecule has 16 heavy (non-hydrogen) atoms. The second-order valence-corrected chi connectivity index (χ2v) is 3.15. The van der Waals surface area contributed by atoms with Crippen LogP contribution in [0.2, 0.25) is 0 Å². The summed E-state index contributed by atoms with van der Waals surface area (Å²) in [7, 11) is 1.51. The Morgan fingerprint density at radius 1 is 1.31 bits per heavy atom. The minimum atomic E-state index is 0.354. The molecule has 4 heteroatoms. The number of pyridine rings is 2. The summed E-state index contributed by atoms with van der Waals surface area (Å²) in [6.45, 7) is 0. The molecule has 0 saturated heterocycles. The fraction of sp³-hybridized carbons (Fsp3) is 0.0833. The lowest BCUT2D eigenvalue weighted by Crippen LogP contribution is -1.95. The number of aromatic nitrogens is 2. The number of methoxy groups -OCH3 is 1. The maximum absolute atomic E-state index is 10.9. The summed E-state index contributed by atoms with van der Waals surface area (Å²) in [5.41, 5.74) is 1.97. The third kappa shape index (κ3) is 1.91. The smallest absolute Gasteiger partial charge is 0.213 e. The molecule has 0 saturated carbocycles. The number of aldehydes is 1. The molecular weight excluding hydrogens is 204 g/mol. The lowest BCUT2D eigenvalue weighted by Gasteiger charge is -2.05. The highest BCUT2D eigenvalue weighted by molar-refractivity contribution is 5.85. The van der Waals surface area contributed by atoms with Gasteiger partial charge in [0.2, 0.25) is 5.88 Å². The van der Waals surface area contributed by atoms with Crippen LogP contribution in [0.15, 0.2) is 36.7 Å². The van der Waals surface area contributed by atoms with Gasteiger partial charge in [-0.15, -0.1) is 0 Å². The van der Waals surface area contributed by atoms with Gasteiger partial charge in [0.1, 0.15) is 5.69 Å². The fourth-order valence-electron chi connectivity index (χ4n) is 1.43. The summed E-state index contributed by atoms with van der Waals surface area (Å²) in [6.07, 6.45) is 4.09. The van der Waals surface area contributed by atoms with Crippen LogP contribution < -0.4 is 4.74 Å². The fourth-order valence-corrected chi connectivity index (χ4v) is 1.43. The van der Waals surface area contributed by atoms with Crippen molar-refractivity contribution in [3.05, 3.63) is 42.4 Å². The standard InChI is InChI=1S/C12H10N2O2/c1-16-12-5-4-10(11(8-15)14-12)9-3-2-6-13-7-9/h2-8H,1H3. The molecule has 0 aliphatic heterocycles. The second kappa shape index (κ2) is 4.53. The van der Waals surface area contributed by atoms with E-state index < -0.39 is 0 Å². The van der Waals surface area contributed by atoms with Gasteiger partial charge in [0.15, 0.2) is 6.29 Å². The topological polar surface area (TPSA) is 52.1 Å². The minimum absolute atomic E-state index is 0.354. The van der Waals surface area contributed by atoms with Crippen LogP contribution >= 0.6 is 0 Å². The molecule has 0 aliphatic carbocycles. The van der Waals surface area contributed by atoms with E-state index in [0.29, 0.717) is 17.9 Å². The summed E-state index contributed by atoms with van der Waals surface area (Å²) >= 11 is 0. The molecule has 0 N–H and O–H groups in total. The van der Waals surface area contributed by atoms with E-state index in [1.54, 1.807) is 24.5 Å². The van der Waals surface area contributed by atoms with E-state index in [2.05, 4.69) is 9.97 Å². The Morgan fingerprint density at radius 3 is 2.81 bits per heavy atom. The zero-order valence-electron chi connectivity index (χ0n) is 8.75. The Labute approximate surface area is 92.9 Å². The summed E-state index contributed by atoms with van der Waals surface area (Å²) in [6, 6.07) is 7.21. The molecule has 0 spiro atoms. The van der Waals surface area contributed by atoms with Crippen LogP contribution in [0, 0.1) is 0 Å². The predicted molar refractivity (Wildman–Crippen MR) is 59.4 cm³/mol. The first-order valence-electron chi connectivity index (χ1n) is 4.76. The molecule has 2 aromatic rings. The van der Waals surface area contributed by atoms with Crippen molar-refractivity contribution in [1.29, 1.82) is 0 Å². The average molecular weight is 214 g/mol. The predicted octanol–water partition coefficient (Wildman–Crippen LogP) is 1.96. The maximum Gasteiger partial charge on any atom is 0.213 e. The number of hydrogen-bond donors (Lipinski definition) is 0. The second-order valence-electron chi connectivity index (χ2n) is 3.15. The normalized spacial score (nSPS) is 9.81. The molecule has 80 valence electrons. The van der Waals surface area contributed by atoms with E-state index in [1.165, 1.54) is 7.11 Å². The lowest BCUT2D eigenvalue weighted by atomic mass is 10.1. The molecule has 0 bridgehead atoms. The molecule has 0 atom stereocenters. The Morgan fingerprint density at radius 2 is 2.19 bits per heavy atom. The summed E-state index contributed by atoms with van der Waals surface area (Å²) < 4.78 is 4.96. The van der Waals surface area contributed by atoms with Gasteiger partial charge in [-0.2, -0.15) is 0 Å². The van der Waals surface area contributed by atoms with Gasteiger partial charge < -0.3 is 4.74 Å². The van der Waals surface area contributed by atoms with E-state index in [0.717, 1.165) is 11.1 Å². The number of ether oxygens (including phenoxy) is 1. The van der Waals surface area contributed by atoms with Crippen LogP contribution in [-0.4, -0.2) is 23.4 Å². The van der Waals surface area contributed by atoms with Crippen LogP contribution in [0.25, 0.3) is 11.1 Å². The number of rotatable bonds is 3. The van der Waals surface area contributed by atoms with Crippen molar-refractivity contribution in [2.75, 3.05) is 7.11 Å². The number of carbonyl (C=O) groups excluding carboxylic acids is 1. The number of nitrogens with zero attached hydrogens (tertiary/aromatic N) is 2. The quantitative estimate of drug-likeness (QED) is 0.733. The highest BCUT2D eigenvalue weighted by Crippen LogP contribution is 2.22. The largest absolute Gasteiger partial charge is 0.481 e. The molecule has 4 nitrogen and oxygen atoms in total. The average Bonchev–Trinajstić information content (AvgIpc) is 2.39. The van der Waals surface area contributed by atoms with Crippen molar-refractivity contribution in [1.82, 2.24) is 9.97 Å². The van der Waals surface area contributed by atoms with E-state index in [9.17, 15) is 4.79 Å². The molecule has 0 unspecified atom stereocenters. The monoisotopic (exact) mass is 214 g/mol. The van der Waals surface area contributed by atoms with Gasteiger partial charge in [-0.25, -0.2) is 4.98 Å². The number of carbonyl (C=O) groups is 1. The third-order valence-corrected chi connectivity index (χ3v) is 2.19. The zero-order valence-corrected chi connectivity index (χ0v) is 8.75. The molecule has 0 aliphatic rings. The van der Waals surface area contributed by atoms with Crippen molar-refractivity contribution < 1.29 is 9.53 Å². The molecule has 0 radical (unpaired) electrons. The van der Waals surface area contributed by atoms with Crippen molar-refractivity contribution in [3.63, 3.8) is 0 Å². The zero-order chi connectivity index (χ0) is 11.4. The van der Waals surface area contributed by atoms with Gasteiger partial charge in [-0.3, -0.25) is 9.78 Å². The van der Waals surface area contributed by atoms with E-state index in [4.69, 9.17) is 4.74 Å². The van der Waals surface area contributed by atoms with Crippen LogP contribution in [0.1, 0.15) is 10.5 Å². The number of hydrogen-bond acceptors (Lipinski definition) is 4. The first kappa shape index (κ1) is 10.3. The first-order valence-corrected chi connectivity index (χ1v) is 4.76. The van der Waals surface area contributed by atoms with Crippen LogP contribution in [0.5, 0.6) is 5.88 Å². The van der Waals surface area contributed by atoms with Crippen molar-refractivity contribution >= 4 is 6.29 Å². The molecule has 0 aromatic carbocycles. The summed E-state index contributed by atoms with van der Waals surface area (Å²) in [5.74, 6) is 0.426. The van der Waals surface area contributed by atoms with E-state index in [-0.39, 0.29) is 0 Å². The van der Waals surface area contributed by atoms with E-state index >= 15 is 0 Å². The van der Waals surface area contributed by atoms with E-state index in [1.807, 2.05) is 12.1 Å². The van der Waals surface area contributed by atoms with Crippen molar-refractivity contribution in [3.8, 4) is 17.0 Å². The first-order chi connectivity index (χ1) is 7.85. The molecule has 2 aromatic heterocycles. The Kier molecular flexibility index (Phi) is 2.91. The lowest BCUT2D eigenvalue weighted by molar-refractivity contribution is 0.111. The van der Waals surface area contributed by atoms with Crippen molar-refractivity contribution in [2.45, 2.75) is 0 Å². The molecule has 2 heterocycles. The van der Waals surface area contributed by atoms with Gasteiger partial charge in [0.25, 0.3) is 0 Å². The molecule has 0 amide bonds. The van der Waals surface area contributed by atoms with Crippen LogP contribution in [-0.2, 0) is 0 Å². The van der Waals surface area contributed by atoms with Crippen LogP contribution in [0.3, 0.4) is 0 Å². The summed E-state index contributed by atoms with van der Waals surface area (Å²) in [5, 5.41) is 0. The van der Waals surface area contributed by atoms with Gasteiger partial charge in [-0.1, -0.05) is 6.07 Å². The van der Waals surface area contributed by atoms with Gasteiger partial charge in [0, 0.05) is 29.6 Å². The van der Waals surface area contributed by atoms with Gasteiger partial charge in [0.05, 0.1) is 7.11 Å². The SMILES string of the molecule is COc1ccc(-c2cccnc2)c(C=O)n1. The van der Waals surface area contributed by atoms with Gasteiger partial charge in [-0.05, 0) is 12.1 Å². The highest BCUT2D eigenvalue weighted by atomic mass is 16.5. The van der Waals surface area contributed by atoms with Crippen LogP contribution in [0.4, 0.5) is 0 Å². The Balaban J connectivity index is 2.53. The molecule has 2 rings (SSSR count). The Hall–Kier alpha value is -2.23. The maximum atomic E-state index is 10.9. The molecular formula is C12H10N2O2. The minimum Gasteiger partial charge on any atom is -0.481 e. The van der Waals surface area contributed by atoms with Gasteiger partial charge >= 0.3 is 0 Å². The van der Waals surface area contributed by atoms with Crippen molar-refractivity contribution in [2.24, 2.45) is 0 Å². The highest BCUT2D eigenvalue weighted by Gasteiger charge is 2.07. The Bertz CT molecular complexity index is 498. The summed E-state index contributed by atoms with van der Waals surface area (Å²) in [4.78, 5) is 19.0. The third-order valence-electron chi connectivity index (χ3n) is 2.19.